The number of amides is 1. The predicted octanol–water partition coefficient (Wildman–Crippen LogP) is 3.45. The predicted molar refractivity (Wildman–Crippen MR) is 111 cm³/mol. The van der Waals surface area contributed by atoms with Gasteiger partial charge in [-0.2, -0.15) is 0 Å². The number of rotatable bonds is 8. The van der Waals surface area contributed by atoms with Gasteiger partial charge in [0.1, 0.15) is 12.4 Å². The molecule has 3 aromatic rings. The van der Waals surface area contributed by atoms with Crippen LogP contribution in [-0.4, -0.2) is 14.3 Å². The van der Waals surface area contributed by atoms with Crippen LogP contribution in [0.25, 0.3) is 0 Å². The van der Waals surface area contributed by atoms with Crippen LogP contribution in [0.1, 0.15) is 28.4 Å². The second-order valence-electron chi connectivity index (χ2n) is 6.36. The number of para-hydroxylation sites is 1. The van der Waals surface area contributed by atoms with Crippen LogP contribution in [0.3, 0.4) is 0 Å². The Balaban J connectivity index is 1.56. The lowest BCUT2D eigenvalue weighted by atomic mass is 10.1. The van der Waals surface area contributed by atoms with Crippen LogP contribution in [0.5, 0.6) is 5.75 Å². The molecule has 0 unspecified atom stereocenters. The number of ether oxygens (including phenoxy) is 1. The fraction of sp³-hybridized carbons (Fsp3) is 0.136. The Kier molecular flexibility index (Phi) is 6.64. The molecule has 0 fully saturated rings. The lowest BCUT2D eigenvalue weighted by Gasteiger charge is -2.10. The van der Waals surface area contributed by atoms with E-state index in [1.807, 2.05) is 37.3 Å². The number of benzene rings is 3. The summed E-state index contributed by atoms with van der Waals surface area (Å²) >= 11 is 0. The van der Waals surface area contributed by atoms with Crippen LogP contribution in [0.4, 0.5) is 0 Å². The smallest absolute Gasteiger partial charge is 0.266 e. The molecule has 7 heteroatoms. The summed E-state index contributed by atoms with van der Waals surface area (Å²) in [4.78, 5) is 14.5. The largest absolute Gasteiger partial charge is 0.489 e. The third kappa shape index (κ3) is 5.66. The minimum absolute atomic E-state index is 0.0865. The molecule has 29 heavy (non-hydrogen) atoms. The molecular formula is C22H22N2O4S. The summed E-state index contributed by atoms with van der Waals surface area (Å²) < 4.78 is 30.3. The summed E-state index contributed by atoms with van der Waals surface area (Å²) in [5, 5.41) is 0. The molecule has 0 spiro atoms. The van der Waals surface area contributed by atoms with E-state index in [-0.39, 0.29) is 4.90 Å². The van der Waals surface area contributed by atoms with Gasteiger partial charge < -0.3 is 4.74 Å². The van der Waals surface area contributed by atoms with Crippen molar-refractivity contribution in [3.8, 4) is 5.75 Å². The quantitative estimate of drug-likeness (QED) is 0.557. The van der Waals surface area contributed by atoms with E-state index in [1.54, 1.807) is 36.4 Å². The van der Waals surface area contributed by atoms with Crippen molar-refractivity contribution in [2.75, 3.05) is 0 Å². The van der Waals surface area contributed by atoms with Crippen LogP contribution < -0.4 is 15.0 Å². The van der Waals surface area contributed by atoms with E-state index in [9.17, 15) is 13.2 Å². The zero-order valence-corrected chi connectivity index (χ0v) is 16.8. The van der Waals surface area contributed by atoms with E-state index < -0.39 is 15.9 Å². The van der Waals surface area contributed by atoms with Gasteiger partial charge in [0.25, 0.3) is 15.9 Å². The first-order valence-corrected chi connectivity index (χ1v) is 10.6. The number of sulfonamides is 1. The highest BCUT2D eigenvalue weighted by atomic mass is 32.2. The molecular weight excluding hydrogens is 388 g/mol. The number of nitrogens with one attached hydrogen (secondary N) is 2. The first kappa shape index (κ1) is 20.6. The second kappa shape index (κ2) is 9.36. The molecule has 0 saturated heterocycles. The van der Waals surface area contributed by atoms with Gasteiger partial charge in [-0.05, 0) is 53.9 Å². The Bertz CT molecular complexity index is 1050. The molecule has 2 N–H and O–H groups in total. The molecule has 150 valence electrons. The molecule has 0 heterocycles. The van der Waals surface area contributed by atoms with E-state index >= 15 is 0 Å². The monoisotopic (exact) mass is 410 g/mol. The zero-order chi connectivity index (χ0) is 20.7. The van der Waals surface area contributed by atoms with Crippen molar-refractivity contribution < 1.29 is 17.9 Å². The van der Waals surface area contributed by atoms with Crippen LogP contribution in [-0.2, 0) is 23.1 Å². The number of carbonyl (C=O) groups excluding carboxylic acids is 1. The molecule has 0 aliphatic rings. The van der Waals surface area contributed by atoms with Crippen LogP contribution in [0.2, 0.25) is 0 Å². The number of hydrogen-bond donors (Lipinski definition) is 2. The first-order chi connectivity index (χ1) is 14.0. The highest BCUT2D eigenvalue weighted by Gasteiger charge is 2.15. The summed E-state index contributed by atoms with van der Waals surface area (Å²) in [6.07, 6.45) is 0.816. The summed E-state index contributed by atoms with van der Waals surface area (Å²) in [6.45, 7) is 2.35. The highest BCUT2D eigenvalue weighted by molar-refractivity contribution is 7.89. The van der Waals surface area contributed by atoms with Gasteiger partial charge in [0.05, 0.1) is 4.90 Å². The topological polar surface area (TPSA) is 84.5 Å². The molecule has 0 aliphatic carbocycles. The summed E-state index contributed by atoms with van der Waals surface area (Å²) in [5.41, 5.74) is 4.49. The molecule has 0 aromatic heterocycles. The molecule has 1 amide bonds. The molecule has 0 radical (unpaired) electrons. The van der Waals surface area contributed by atoms with Gasteiger partial charge in [0, 0.05) is 5.56 Å². The van der Waals surface area contributed by atoms with Gasteiger partial charge in [-0.25, -0.2) is 8.42 Å². The van der Waals surface area contributed by atoms with Crippen LogP contribution in [0.15, 0.2) is 83.8 Å². The average Bonchev–Trinajstić information content (AvgIpc) is 2.77. The van der Waals surface area contributed by atoms with E-state index in [0.717, 1.165) is 23.3 Å². The number of hydrogen-bond acceptors (Lipinski definition) is 4. The Morgan fingerprint density at radius 2 is 1.48 bits per heavy atom. The Hall–Kier alpha value is -3.16. The summed E-state index contributed by atoms with van der Waals surface area (Å²) in [7, 11) is -3.84. The van der Waals surface area contributed by atoms with E-state index in [2.05, 4.69) is 10.3 Å². The standard InChI is InChI=1S/C22H22N2O4S/c1-2-17-10-14-21(15-11-17)29(26,27)24-23-22(25)19-12-8-18(9-13-19)16-28-20-6-4-3-5-7-20/h3-15,24H,2,16H2,1H3,(H,23,25). The Morgan fingerprint density at radius 3 is 2.10 bits per heavy atom. The molecule has 3 rings (SSSR count). The van der Waals surface area contributed by atoms with E-state index in [0.29, 0.717) is 12.2 Å². The van der Waals surface area contributed by atoms with Gasteiger partial charge in [-0.15, -0.1) is 4.83 Å². The summed E-state index contributed by atoms with van der Waals surface area (Å²) in [5.74, 6) is 0.213. The third-order valence-corrected chi connectivity index (χ3v) is 5.57. The third-order valence-electron chi connectivity index (χ3n) is 4.31. The maximum Gasteiger partial charge on any atom is 0.266 e. The van der Waals surface area contributed by atoms with Gasteiger partial charge in [-0.1, -0.05) is 49.4 Å². The highest BCUT2D eigenvalue weighted by Crippen LogP contribution is 2.13. The number of carbonyl (C=O) groups is 1. The minimum atomic E-state index is -3.84. The second-order valence-corrected chi connectivity index (χ2v) is 8.04. The van der Waals surface area contributed by atoms with E-state index in [1.165, 1.54) is 12.1 Å². The van der Waals surface area contributed by atoms with Crippen molar-refractivity contribution in [3.63, 3.8) is 0 Å². The van der Waals surface area contributed by atoms with Gasteiger partial charge >= 0.3 is 0 Å². The number of hydrazine groups is 1. The normalized spacial score (nSPS) is 11.1. The van der Waals surface area contributed by atoms with Crippen LogP contribution >= 0.6 is 0 Å². The maximum absolute atomic E-state index is 12.3. The Labute approximate surface area is 170 Å². The first-order valence-electron chi connectivity index (χ1n) is 9.16. The van der Waals surface area contributed by atoms with Crippen molar-refractivity contribution >= 4 is 15.9 Å². The molecule has 0 aliphatic heterocycles. The van der Waals surface area contributed by atoms with Crippen LogP contribution in [0, 0.1) is 0 Å². The molecule has 0 bridgehead atoms. The minimum Gasteiger partial charge on any atom is -0.489 e. The Morgan fingerprint density at radius 1 is 0.862 bits per heavy atom. The molecule has 6 nitrogen and oxygen atoms in total. The zero-order valence-electron chi connectivity index (χ0n) is 16.0. The van der Waals surface area contributed by atoms with Gasteiger partial charge in [0.15, 0.2) is 0 Å². The molecule has 3 aromatic carbocycles. The maximum atomic E-state index is 12.3. The lowest BCUT2D eigenvalue weighted by Crippen LogP contribution is -2.41. The SMILES string of the molecule is CCc1ccc(S(=O)(=O)NNC(=O)c2ccc(COc3ccccc3)cc2)cc1. The van der Waals surface area contributed by atoms with Gasteiger partial charge in [-0.3, -0.25) is 10.2 Å². The van der Waals surface area contributed by atoms with Crippen molar-refractivity contribution in [1.29, 1.82) is 0 Å². The molecule has 0 saturated carbocycles. The molecule has 0 atom stereocenters. The van der Waals surface area contributed by atoms with Crippen molar-refractivity contribution in [2.24, 2.45) is 0 Å². The summed E-state index contributed by atoms with van der Waals surface area (Å²) in [6, 6.07) is 22.7. The van der Waals surface area contributed by atoms with Crippen molar-refractivity contribution in [2.45, 2.75) is 24.8 Å². The van der Waals surface area contributed by atoms with Gasteiger partial charge in [0.2, 0.25) is 0 Å². The van der Waals surface area contributed by atoms with E-state index in [4.69, 9.17) is 4.74 Å². The number of aryl methyl sites for hydroxylation is 1. The average molecular weight is 410 g/mol. The van der Waals surface area contributed by atoms with Crippen molar-refractivity contribution in [3.05, 3.63) is 95.6 Å². The van der Waals surface area contributed by atoms with Crippen molar-refractivity contribution in [1.82, 2.24) is 10.3 Å². The fourth-order valence-corrected chi connectivity index (χ4v) is 3.42. The fourth-order valence-electron chi connectivity index (χ4n) is 2.58. The lowest BCUT2D eigenvalue weighted by molar-refractivity contribution is 0.0945.